The topological polar surface area (TPSA) is 111 Å². The Morgan fingerprint density at radius 3 is 2.39 bits per heavy atom. The Balaban J connectivity index is 1.38. The van der Waals surface area contributed by atoms with Gasteiger partial charge < -0.3 is 14.8 Å². The lowest BCUT2D eigenvalue weighted by Gasteiger charge is -2.12. The van der Waals surface area contributed by atoms with Crippen LogP contribution >= 0.6 is 22.9 Å². The van der Waals surface area contributed by atoms with Gasteiger partial charge in [-0.2, -0.15) is 0 Å². The summed E-state index contributed by atoms with van der Waals surface area (Å²) in [5, 5.41) is 4.06. The minimum Gasteiger partial charge on any atom is -0.483 e. The zero-order valence-electron chi connectivity index (χ0n) is 19.2. The molecular formula is C25H21ClN2O6S2. The molecule has 36 heavy (non-hydrogen) atoms. The molecule has 0 saturated heterocycles. The minimum atomic E-state index is -3.82. The maximum absolute atomic E-state index is 12.7. The minimum absolute atomic E-state index is 0.0575. The van der Waals surface area contributed by atoms with Crippen molar-refractivity contribution in [2.24, 2.45) is 0 Å². The van der Waals surface area contributed by atoms with Crippen LogP contribution in [0.5, 0.6) is 5.75 Å². The smallest absolute Gasteiger partial charge is 0.348 e. The molecule has 0 spiro atoms. The molecule has 4 aromatic rings. The van der Waals surface area contributed by atoms with Gasteiger partial charge in [0.2, 0.25) is 0 Å². The van der Waals surface area contributed by atoms with Crippen molar-refractivity contribution in [2.75, 3.05) is 23.8 Å². The number of benzene rings is 3. The van der Waals surface area contributed by atoms with Gasteiger partial charge in [-0.1, -0.05) is 11.6 Å². The molecule has 1 heterocycles. The predicted molar refractivity (Wildman–Crippen MR) is 141 cm³/mol. The molecule has 0 aliphatic rings. The van der Waals surface area contributed by atoms with E-state index in [1.54, 1.807) is 49.4 Å². The maximum atomic E-state index is 12.7. The molecule has 11 heteroatoms. The third kappa shape index (κ3) is 5.96. The van der Waals surface area contributed by atoms with E-state index in [2.05, 4.69) is 10.0 Å². The van der Waals surface area contributed by atoms with E-state index in [0.29, 0.717) is 32.6 Å². The molecule has 0 aliphatic heterocycles. The first-order valence-electron chi connectivity index (χ1n) is 10.6. The highest BCUT2D eigenvalue weighted by Gasteiger charge is 2.17. The summed E-state index contributed by atoms with van der Waals surface area (Å²) < 4.78 is 39.1. The summed E-state index contributed by atoms with van der Waals surface area (Å²) in [7, 11) is -2.49. The van der Waals surface area contributed by atoms with Gasteiger partial charge in [0.05, 0.1) is 12.0 Å². The molecule has 1 aromatic heterocycles. The number of ether oxygens (including phenoxy) is 2. The molecule has 2 N–H and O–H groups in total. The number of sulfonamides is 1. The molecule has 4 rings (SSSR count). The third-order valence-electron chi connectivity index (χ3n) is 5.10. The van der Waals surface area contributed by atoms with Gasteiger partial charge in [-0.3, -0.25) is 9.52 Å². The summed E-state index contributed by atoms with van der Waals surface area (Å²) in [4.78, 5) is 24.7. The molecule has 0 fully saturated rings. The molecule has 0 saturated carbocycles. The highest BCUT2D eigenvalue weighted by Crippen LogP contribution is 2.29. The first-order chi connectivity index (χ1) is 17.1. The fourth-order valence-electron chi connectivity index (χ4n) is 3.35. The van der Waals surface area contributed by atoms with Crippen LogP contribution in [0.2, 0.25) is 5.02 Å². The van der Waals surface area contributed by atoms with Crippen molar-refractivity contribution >= 4 is 66.3 Å². The quantitative estimate of drug-likeness (QED) is 0.285. The molecule has 3 aromatic carbocycles. The van der Waals surface area contributed by atoms with Crippen molar-refractivity contribution in [2.45, 2.75) is 11.8 Å². The van der Waals surface area contributed by atoms with Gasteiger partial charge in [0.1, 0.15) is 10.6 Å². The Hall–Kier alpha value is -3.60. The van der Waals surface area contributed by atoms with Crippen molar-refractivity contribution in [3.63, 3.8) is 0 Å². The van der Waals surface area contributed by atoms with E-state index >= 15 is 0 Å². The van der Waals surface area contributed by atoms with Gasteiger partial charge in [0.15, 0.2) is 6.61 Å². The Morgan fingerprint density at radius 1 is 0.972 bits per heavy atom. The van der Waals surface area contributed by atoms with E-state index < -0.39 is 21.9 Å². The van der Waals surface area contributed by atoms with Crippen molar-refractivity contribution in [1.82, 2.24) is 0 Å². The van der Waals surface area contributed by atoms with E-state index in [-0.39, 0.29) is 11.5 Å². The van der Waals surface area contributed by atoms with Crippen molar-refractivity contribution in [3.05, 3.63) is 82.2 Å². The number of carbonyl (C=O) groups excluding carboxylic acids is 2. The largest absolute Gasteiger partial charge is 0.483 e. The second-order valence-electron chi connectivity index (χ2n) is 7.73. The number of esters is 1. The van der Waals surface area contributed by atoms with Crippen LogP contribution in [0.3, 0.4) is 0 Å². The molecular weight excluding hydrogens is 524 g/mol. The molecule has 186 valence electrons. The summed E-state index contributed by atoms with van der Waals surface area (Å²) >= 11 is 7.15. The molecule has 0 radical (unpaired) electrons. The number of nitrogens with one attached hydrogen (secondary N) is 2. The van der Waals surface area contributed by atoms with Crippen molar-refractivity contribution in [3.8, 4) is 5.75 Å². The van der Waals surface area contributed by atoms with Crippen molar-refractivity contribution in [1.29, 1.82) is 0 Å². The normalized spacial score (nSPS) is 11.2. The Labute approximate surface area is 216 Å². The molecule has 0 bridgehead atoms. The fraction of sp³-hybridized carbons (Fsp3) is 0.120. The van der Waals surface area contributed by atoms with Crippen LogP contribution < -0.4 is 14.8 Å². The van der Waals surface area contributed by atoms with Crippen molar-refractivity contribution < 1.29 is 27.5 Å². The number of methoxy groups -OCH3 is 1. The van der Waals surface area contributed by atoms with Crippen LogP contribution in [0, 0.1) is 6.92 Å². The van der Waals surface area contributed by atoms with Gasteiger partial charge in [-0.25, -0.2) is 13.2 Å². The number of aryl methyl sites for hydroxylation is 1. The number of anilines is 2. The lowest BCUT2D eigenvalue weighted by molar-refractivity contribution is -0.118. The van der Waals surface area contributed by atoms with Crippen LogP contribution in [-0.4, -0.2) is 34.0 Å². The SMILES string of the molecule is COC(=O)c1cc2cc(NC(=O)COc3ccc(S(=O)(=O)Nc4ccc(Cl)cc4)cc3C)ccc2s1. The van der Waals surface area contributed by atoms with Crippen LogP contribution in [0.1, 0.15) is 15.2 Å². The van der Waals surface area contributed by atoms with E-state index in [1.807, 2.05) is 6.07 Å². The summed E-state index contributed by atoms with van der Waals surface area (Å²) in [6.07, 6.45) is 0. The number of carbonyl (C=O) groups is 2. The number of hydrogen-bond donors (Lipinski definition) is 2. The second kappa shape index (κ2) is 10.6. The van der Waals surface area contributed by atoms with Gasteiger partial charge in [-0.15, -0.1) is 11.3 Å². The standard InChI is InChI=1S/C25H21ClN2O6S2/c1-15-11-20(36(31,32)28-18-5-3-17(26)4-6-18)8-9-21(15)34-14-24(29)27-19-7-10-22-16(12-19)13-23(35-22)25(30)33-2/h3-13,28H,14H2,1-2H3,(H,27,29). The lowest BCUT2D eigenvalue weighted by atomic mass is 10.2. The Kier molecular flexibility index (Phi) is 7.48. The lowest BCUT2D eigenvalue weighted by Crippen LogP contribution is -2.20. The van der Waals surface area contributed by atoms with E-state index in [0.717, 1.165) is 10.1 Å². The number of hydrogen-bond acceptors (Lipinski definition) is 7. The Bertz CT molecular complexity index is 1550. The molecule has 0 aliphatic carbocycles. The van der Waals surface area contributed by atoms with E-state index in [4.69, 9.17) is 21.1 Å². The summed E-state index contributed by atoms with van der Waals surface area (Å²) in [5.74, 6) is -0.421. The van der Waals surface area contributed by atoms with Gasteiger partial charge in [0, 0.05) is 21.1 Å². The molecule has 0 atom stereocenters. The Morgan fingerprint density at radius 2 is 1.69 bits per heavy atom. The summed E-state index contributed by atoms with van der Waals surface area (Å²) in [6, 6.07) is 17.7. The molecule has 1 amide bonds. The second-order valence-corrected chi connectivity index (χ2v) is 10.9. The highest BCUT2D eigenvalue weighted by molar-refractivity contribution is 7.92. The van der Waals surface area contributed by atoms with Crippen LogP contribution in [0.4, 0.5) is 11.4 Å². The first kappa shape index (κ1) is 25.5. The first-order valence-corrected chi connectivity index (χ1v) is 13.3. The summed E-state index contributed by atoms with van der Waals surface area (Å²) in [5.41, 5.74) is 1.49. The van der Waals surface area contributed by atoms with Gasteiger partial charge in [0.25, 0.3) is 15.9 Å². The molecule has 0 unspecified atom stereocenters. The average molecular weight is 545 g/mol. The number of rotatable bonds is 8. The monoisotopic (exact) mass is 544 g/mol. The maximum Gasteiger partial charge on any atom is 0.348 e. The van der Waals surface area contributed by atoms with Gasteiger partial charge >= 0.3 is 5.97 Å². The highest BCUT2D eigenvalue weighted by atomic mass is 35.5. The predicted octanol–water partition coefficient (Wildman–Crippen LogP) is 5.47. The van der Waals surface area contributed by atoms with Crippen LogP contribution in [0.15, 0.2) is 71.6 Å². The fourth-order valence-corrected chi connectivity index (χ4v) is 5.58. The van der Waals surface area contributed by atoms with Crippen LogP contribution in [-0.2, 0) is 19.6 Å². The number of fused-ring (bicyclic) bond motifs is 1. The third-order valence-corrected chi connectivity index (χ3v) is 7.83. The number of thiophene rings is 1. The van der Waals surface area contributed by atoms with Gasteiger partial charge in [-0.05, 0) is 84.6 Å². The molecule has 8 nitrogen and oxygen atoms in total. The van der Waals surface area contributed by atoms with E-state index in [9.17, 15) is 18.0 Å². The van der Waals surface area contributed by atoms with Crippen LogP contribution in [0.25, 0.3) is 10.1 Å². The summed E-state index contributed by atoms with van der Waals surface area (Å²) in [6.45, 7) is 1.42. The van der Waals surface area contributed by atoms with E-state index in [1.165, 1.54) is 36.6 Å². The number of halogens is 1. The zero-order valence-corrected chi connectivity index (χ0v) is 21.6. The zero-order chi connectivity index (χ0) is 25.9. The average Bonchev–Trinajstić information content (AvgIpc) is 3.27. The number of amides is 1.